The van der Waals surface area contributed by atoms with Crippen molar-refractivity contribution < 1.29 is 19.4 Å². The Morgan fingerprint density at radius 3 is 1.88 bits per heavy atom. The molecule has 5 heterocycles. The summed E-state index contributed by atoms with van der Waals surface area (Å²) < 4.78 is 6.43. The molecule has 2 atom stereocenters. The quantitative estimate of drug-likeness (QED) is 0.0225. The number of carboxylic acid groups (broad SMARTS) is 1. The summed E-state index contributed by atoms with van der Waals surface area (Å²) in [4.78, 5) is 49.4. The number of unbranched alkanes of at least 4 members (excludes halogenated alkanes) is 9. The molecule has 0 bridgehead atoms. The Hall–Kier alpha value is -7.14. The van der Waals surface area contributed by atoms with Crippen molar-refractivity contribution in [1.29, 1.82) is 5.26 Å². The number of thiazole rings is 1. The predicted molar refractivity (Wildman–Crippen MR) is 358 cm³/mol. The number of esters is 1. The van der Waals surface area contributed by atoms with E-state index >= 15 is 0 Å². The van der Waals surface area contributed by atoms with Gasteiger partial charge in [0.15, 0.2) is 5.57 Å². The van der Waals surface area contributed by atoms with Crippen LogP contribution in [-0.2, 0) is 40.1 Å². The van der Waals surface area contributed by atoms with Gasteiger partial charge in [-0.2, -0.15) is 5.26 Å². The number of hydrogen-bond donors (Lipinski definition) is 1. The van der Waals surface area contributed by atoms with Gasteiger partial charge in [0.25, 0.3) is 5.56 Å². The van der Waals surface area contributed by atoms with Crippen LogP contribution in [0.25, 0.3) is 53.2 Å². The lowest BCUT2D eigenvalue weighted by molar-refractivity contribution is -0.138. The number of benzene rings is 4. The summed E-state index contributed by atoms with van der Waals surface area (Å²) in [6.07, 6.45) is 25.6. The number of anilines is 2. The molecule has 1 saturated carbocycles. The molecule has 1 aliphatic heterocycles. The standard InChI is InChI=1S/C73H77N3O5S4/c1-5-9-12-17-29-52-43-65(82-64(52)46-67-71(79)75(48-68(77)78)72(85-67)60(47-74)73(80)81-40-8-4)69-55(31-19-14-11-7-3)45-66(84-69)70-54(30-18-13-10-6-2)44-63(83-70)53-36-39-62-59(42-53)57-32-24-33-61(57)76(62)56-37-34-49(35-38-56)41-58(50-25-20-15-21-26-50)51-27-22-16-23-28-51/h8,15-16,20-23,25-28,34-39,41-46,57,61H,4-7,9-14,17-19,24,29-33,40,48H2,1-3H3,(H,77,78). The van der Waals surface area contributed by atoms with Crippen LogP contribution >= 0.6 is 45.3 Å². The lowest BCUT2D eigenvalue weighted by Gasteiger charge is -2.27. The first-order valence-corrected chi connectivity index (χ1v) is 34.0. The molecule has 0 radical (unpaired) electrons. The number of fused-ring (bicyclic) bond motifs is 3. The molecule has 12 heteroatoms. The minimum atomic E-state index is -1.26. The van der Waals surface area contributed by atoms with Crippen molar-refractivity contribution in [1.82, 2.24) is 4.57 Å². The zero-order valence-electron chi connectivity index (χ0n) is 49.3. The second-order valence-corrected chi connectivity index (χ2v) is 26.8. The first kappa shape index (κ1) is 61.0. The predicted octanol–water partition coefficient (Wildman–Crippen LogP) is 18.2. The van der Waals surface area contributed by atoms with Gasteiger partial charge in [-0.3, -0.25) is 14.2 Å². The molecule has 2 aliphatic rings. The number of nitriles is 1. The Morgan fingerprint density at radius 1 is 0.694 bits per heavy atom. The maximum absolute atomic E-state index is 14.2. The van der Waals surface area contributed by atoms with E-state index in [0.717, 1.165) is 102 Å². The second kappa shape index (κ2) is 29.3. The van der Waals surface area contributed by atoms with Gasteiger partial charge in [0.05, 0.1) is 4.53 Å². The van der Waals surface area contributed by atoms with Crippen LogP contribution in [0.3, 0.4) is 0 Å². The van der Waals surface area contributed by atoms with Crippen LogP contribution in [-0.4, -0.2) is 34.3 Å². The molecule has 438 valence electrons. The molecule has 1 aliphatic carbocycles. The number of rotatable bonds is 28. The summed E-state index contributed by atoms with van der Waals surface area (Å²) in [5.41, 5.74) is 13.1. The van der Waals surface area contributed by atoms with Gasteiger partial charge in [-0.15, -0.1) is 45.3 Å². The highest BCUT2D eigenvalue weighted by atomic mass is 32.1. The number of carbonyl (C=O) groups excluding carboxylic acids is 1. The number of aryl methyl sites for hydroxylation is 3. The van der Waals surface area contributed by atoms with E-state index in [-0.39, 0.29) is 15.8 Å². The van der Waals surface area contributed by atoms with E-state index in [9.17, 15) is 24.8 Å². The Kier molecular flexibility index (Phi) is 21.0. The fourth-order valence-corrected chi connectivity index (χ4v) is 17.3. The molecule has 4 aromatic heterocycles. The normalized spacial score (nSPS) is 14.9. The van der Waals surface area contributed by atoms with E-state index < -0.39 is 29.6 Å². The highest BCUT2D eigenvalue weighted by Gasteiger charge is 2.42. The van der Waals surface area contributed by atoms with E-state index in [1.54, 1.807) is 11.3 Å². The molecule has 1 N–H and O–H groups in total. The number of nitrogens with zero attached hydrogens (tertiary/aromatic N) is 3. The smallest absolute Gasteiger partial charge is 0.352 e. The van der Waals surface area contributed by atoms with E-state index in [1.165, 1.54) is 126 Å². The molecule has 4 aromatic carbocycles. The summed E-state index contributed by atoms with van der Waals surface area (Å²) in [7, 11) is 0. The lowest BCUT2D eigenvalue weighted by atomic mass is 9.95. The second-order valence-electron chi connectivity index (χ2n) is 22.6. The summed E-state index contributed by atoms with van der Waals surface area (Å²) in [6.45, 7) is 9.50. The van der Waals surface area contributed by atoms with Crippen molar-refractivity contribution in [2.45, 2.75) is 155 Å². The third-order valence-corrected chi connectivity index (χ3v) is 21.6. The van der Waals surface area contributed by atoms with Crippen molar-refractivity contribution in [3.8, 4) is 36.0 Å². The van der Waals surface area contributed by atoms with Gasteiger partial charge < -0.3 is 14.7 Å². The van der Waals surface area contributed by atoms with Gasteiger partial charge in [-0.1, -0.05) is 176 Å². The number of aliphatic carboxylic acids is 1. The Bertz CT molecular complexity index is 3850. The lowest BCUT2D eigenvalue weighted by Crippen LogP contribution is -2.35. The van der Waals surface area contributed by atoms with E-state index in [2.05, 4.69) is 160 Å². The molecule has 0 saturated heterocycles. The van der Waals surface area contributed by atoms with Gasteiger partial charge in [-0.25, -0.2) is 4.79 Å². The number of aromatic nitrogens is 1. The third-order valence-electron chi connectivity index (χ3n) is 16.6. The minimum Gasteiger partial charge on any atom is -0.480 e. The molecule has 2 unspecified atom stereocenters. The molecule has 0 amide bonds. The van der Waals surface area contributed by atoms with Crippen molar-refractivity contribution in [3.63, 3.8) is 0 Å². The third kappa shape index (κ3) is 14.2. The van der Waals surface area contributed by atoms with Gasteiger partial charge in [0, 0.05) is 52.6 Å². The minimum absolute atomic E-state index is 0.0358. The number of carbonyl (C=O) groups is 2. The average molecular weight is 1200 g/mol. The van der Waals surface area contributed by atoms with Gasteiger partial charge in [0.2, 0.25) is 0 Å². The van der Waals surface area contributed by atoms with Crippen LogP contribution < -0.4 is 19.7 Å². The first-order valence-electron chi connectivity index (χ1n) is 30.7. The molecule has 10 rings (SSSR count). The number of ether oxygens (including phenoxy) is 1. The molecule has 8 aromatic rings. The Labute approximate surface area is 517 Å². The summed E-state index contributed by atoms with van der Waals surface area (Å²) in [5, 5.41) is 20.1. The van der Waals surface area contributed by atoms with Gasteiger partial charge >= 0.3 is 11.9 Å². The van der Waals surface area contributed by atoms with Crippen molar-refractivity contribution in [2.24, 2.45) is 0 Å². The SMILES string of the molecule is C=CCOC(=O)C(C#N)=c1sc(=Cc2sc(-c3sc(-c4sc(-c5ccc6c(c5)C5CCCC5N6c5ccc(C=C(c6ccccc6)c6ccccc6)cc5)cc4CCCCCC)cc3CCCCCC)cc2CCCCCC)c(=O)n1CC(=O)O. The number of carboxylic acids is 1. The molecular weight excluding hydrogens is 1130 g/mol. The van der Waals surface area contributed by atoms with Crippen molar-refractivity contribution in [2.75, 3.05) is 11.5 Å². The molecule has 8 nitrogen and oxygen atoms in total. The van der Waals surface area contributed by atoms with Crippen LogP contribution in [0, 0.1) is 11.3 Å². The zero-order valence-corrected chi connectivity index (χ0v) is 52.6. The summed E-state index contributed by atoms with van der Waals surface area (Å²) in [5.74, 6) is -1.71. The monoisotopic (exact) mass is 1200 g/mol. The Balaban J connectivity index is 1.02. The van der Waals surface area contributed by atoms with E-state index in [0.29, 0.717) is 12.0 Å². The summed E-state index contributed by atoms with van der Waals surface area (Å²) >= 11 is 6.46. The highest BCUT2D eigenvalue weighted by Crippen LogP contribution is 2.54. The average Bonchev–Trinajstić information content (AvgIpc) is 2.29. The van der Waals surface area contributed by atoms with Crippen LogP contribution in [0.1, 0.15) is 167 Å². The molecular formula is C73H77N3O5S4. The van der Waals surface area contributed by atoms with E-state index in [1.807, 2.05) is 34.8 Å². The van der Waals surface area contributed by atoms with E-state index in [4.69, 9.17) is 4.74 Å². The fourth-order valence-electron chi connectivity index (χ4n) is 12.3. The van der Waals surface area contributed by atoms with Gasteiger partial charge in [0.1, 0.15) is 23.9 Å². The molecule has 85 heavy (non-hydrogen) atoms. The first-order chi connectivity index (χ1) is 41.6. The van der Waals surface area contributed by atoms with Crippen LogP contribution in [0.4, 0.5) is 11.4 Å². The zero-order chi connectivity index (χ0) is 59.2. The largest absolute Gasteiger partial charge is 0.480 e. The Morgan fingerprint density at radius 2 is 1.28 bits per heavy atom. The molecule has 0 spiro atoms. The topological polar surface area (TPSA) is 113 Å². The van der Waals surface area contributed by atoms with Gasteiger partial charge in [-0.05, 0) is 156 Å². The fraction of sp³-hybridized carbons (Fsp3) is 0.342. The maximum Gasteiger partial charge on any atom is 0.352 e. The maximum atomic E-state index is 14.2. The van der Waals surface area contributed by atoms with Crippen LogP contribution in [0.15, 0.2) is 139 Å². The molecule has 1 fully saturated rings. The summed E-state index contributed by atoms with van der Waals surface area (Å²) in [6, 6.07) is 47.5. The van der Waals surface area contributed by atoms with Crippen molar-refractivity contribution in [3.05, 3.63) is 197 Å². The van der Waals surface area contributed by atoms with Crippen LogP contribution in [0.2, 0.25) is 0 Å². The van der Waals surface area contributed by atoms with Crippen molar-refractivity contribution >= 4 is 92.0 Å². The van der Waals surface area contributed by atoms with Crippen LogP contribution in [0.5, 0.6) is 0 Å². The highest BCUT2D eigenvalue weighted by molar-refractivity contribution is 7.27. The number of hydrogen-bond acceptors (Lipinski definition) is 10. The number of thiophene rings is 3.